The fraction of sp³-hybridized carbons (Fsp3) is 0.683. The van der Waals surface area contributed by atoms with Crippen molar-refractivity contribution in [1.82, 2.24) is 5.32 Å². The highest BCUT2D eigenvalue weighted by Crippen LogP contribution is 2.26. The molecule has 0 radical (unpaired) electrons. The zero-order valence-corrected chi connectivity index (χ0v) is 46.4. The number of carbonyl (C=O) groups excluding carboxylic acids is 2. The molecule has 1 fully saturated rings. The standard InChI is InChI=1S/C63H105NO10/c1-4-7-10-13-16-19-22-25-26-27-28-29-30-31-33-35-38-41-44-47-50-56(67)62(71)64-54(55(66)49-46-43-40-37-34-24-21-18-15-12-9-6-3)53-72-63-61(60(70)59(69)57(52-65)73-63)74-58(68)51-48-45-42-39-36-32-23-20-17-14-11-8-5-2/h8,11,14,16-17,19-20,23,25-26,28-29,32,36,39,42,46,49,54-57,59-61,63,65-67,69-70H,4-7,9-10,12-13,15,18,21-22,24,27,30-31,33-35,37-38,40-41,43-45,47-48,50-53H2,1-3H3,(H,64,71)/b11-8+,17-14+,19-16-,23-20-,26-25-,29-28-,36-32-,42-39+,49-46+. The van der Waals surface area contributed by atoms with Crippen molar-refractivity contribution in [3.63, 3.8) is 0 Å². The molecule has 1 aliphatic heterocycles. The van der Waals surface area contributed by atoms with Crippen molar-refractivity contribution >= 4 is 11.9 Å². The molecule has 0 aromatic heterocycles. The van der Waals surface area contributed by atoms with Crippen LogP contribution in [0.2, 0.25) is 0 Å². The van der Waals surface area contributed by atoms with Gasteiger partial charge in [-0.2, -0.15) is 0 Å². The Morgan fingerprint density at radius 1 is 0.554 bits per heavy atom. The zero-order valence-electron chi connectivity index (χ0n) is 46.4. The Bertz CT molecular complexity index is 1610. The predicted molar refractivity (Wildman–Crippen MR) is 305 cm³/mol. The first-order valence-electron chi connectivity index (χ1n) is 29.2. The number of aliphatic hydroxyl groups excluding tert-OH is 5. The van der Waals surface area contributed by atoms with Crippen LogP contribution in [0.3, 0.4) is 0 Å². The van der Waals surface area contributed by atoms with E-state index in [1.807, 2.05) is 60.8 Å². The molecule has 74 heavy (non-hydrogen) atoms. The maximum absolute atomic E-state index is 13.4. The molecule has 1 amide bonds. The van der Waals surface area contributed by atoms with Crippen molar-refractivity contribution in [2.45, 2.75) is 262 Å². The summed E-state index contributed by atoms with van der Waals surface area (Å²) in [6.45, 7) is 5.54. The molecule has 0 spiro atoms. The Balaban J connectivity index is 2.75. The first-order chi connectivity index (χ1) is 36.2. The van der Waals surface area contributed by atoms with Gasteiger partial charge in [-0.15, -0.1) is 0 Å². The number of carbonyl (C=O) groups is 2. The van der Waals surface area contributed by atoms with Crippen molar-refractivity contribution in [3.8, 4) is 0 Å². The van der Waals surface area contributed by atoms with E-state index >= 15 is 0 Å². The number of hydrogen-bond donors (Lipinski definition) is 6. The molecule has 0 aliphatic carbocycles. The van der Waals surface area contributed by atoms with E-state index < -0.39 is 67.4 Å². The summed E-state index contributed by atoms with van der Waals surface area (Å²) in [6, 6.07) is -1.05. The normalized spacial score (nSPS) is 20.1. The maximum Gasteiger partial charge on any atom is 0.306 e. The highest BCUT2D eigenvalue weighted by atomic mass is 16.7. The van der Waals surface area contributed by atoms with Gasteiger partial charge in [0.1, 0.15) is 24.4 Å². The molecular formula is C63H105NO10. The summed E-state index contributed by atoms with van der Waals surface area (Å²) in [6.07, 6.45) is 57.1. The average molecular weight is 1040 g/mol. The van der Waals surface area contributed by atoms with Crippen LogP contribution in [0.15, 0.2) is 109 Å². The largest absolute Gasteiger partial charge is 0.454 e. The maximum atomic E-state index is 13.4. The third-order valence-electron chi connectivity index (χ3n) is 13.0. The van der Waals surface area contributed by atoms with Crippen LogP contribution < -0.4 is 5.32 Å². The van der Waals surface area contributed by atoms with Crippen molar-refractivity contribution < 1.29 is 49.3 Å². The number of allylic oxidation sites excluding steroid dienone is 17. The summed E-state index contributed by atoms with van der Waals surface area (Å²) in [7, 11) is 0. The van der Waals surface area contributed by atoms with E-state index in [1.54, 1.807) is 6.08 Å². The highest BCUT2D eigenvalue weighted by molar-refractivity contribution is 5.80. The molecule has 1 aliphatic rings. The molecule has 0 saturated carbocycles. The summed E-state index contributed by atoms with van der Waals surface area (Å²) in [5.41, 5.74) is 0. The monoisotopic (exact) mass is 1040 g/mol. The Morgan fingerprint density at radius 2 is 1.03 bits per heavy atom. The van der Waals surface area contributed by atoms with Crippen LogP contribution in [0, 0.1) is 0 Å². The zero-order chi connectivity index (χ0) is 54.0. The third kappa shape index (κ3) is 38.0. The SMILES string of the molecule is CC/C=C/C=C/C=C\C=C/C=C/CCCC(=O)OC1C(OCC(NC(=O)C(O)CCCCCCCCC/C=C\C/C=C\C/C=C\CCCCC)C(O)/C=C/CCCCCCCCCCCC)OC(CO)C(O)C1O. The summed E-state index contributed by atoms with van der Waals surface area (Å²) < 4.78 is 17.5. The highest BCUT2D eigenvalue weighted by Gasteiger charge is 2.47. The van der Waals surface area contributed by atoms with Crippen molar-refractivity contribution in [2.75, 3.05) is 13.2 Å². The van der Waals surface area contributed by atoms with Crippen LogP contribution in [0.25, 0.3) is 0 Å². The minimum atomic E-state index is -1.65. The van der Waals surface area contributed by atoms with E-state index in [-0.39, 0.29) is 19.4 Å². The lowest BCUT2D eigenvalue weighted by Crippen LogP contribution is -2.61. The van der Waals surface area contributed by atoms with Gasteiger partial charge in [-0.05, 0) is 77.0 Å². The fourth-order valence-electron chi connectivity index (χ4n) is 8.39. The number of amides is 1. The number of esters is 1. The van der Waals surface area contributed by atoms with Crippen LogP contribution in [-0.2, 0) is 23.8 Å². The number of unbranched alkanes of at least 4 members (excludes halogenated alkanes) is 21. The average Bonchev–Trinajstić information content (AvgIpc) is 3.40. The van der Waals surface area contributed by atoms with Gasteiger partial charge >= 0.3 is 5.97 Å². The van der Waals surface area contributed by atoms with Gasteiger partial charge in [0.15, 0.2) is 12.4 Å². The Labute approximate surface area is 449 Å². The van der Waals surface area contributed by atoms with Crippen LogP contribution in [0.5, 0.6) is 0 Å². The van der Waals surface area contributed by atoms with Crippen LogP contribution >= 0.6 is 0 Å². The number of aliphatic hydroxyl groups is 5. The Morgan fingerprint density at radius 3 is 1.59 bits per heavy atom. The first kappa shape index (κ1) is 68.3. The lowest BCUT2D eigenvalue weighted by Gasteiger charge is -2.41. The van der Waals surface area contributed by atoms with Crippen molar-refractivity contribution in [1.29, 1.82) is 0 Å². The van der Waals surface area contributed by atoms with Gasteiger partial charge in [0, 0.05) is 6.42 Å². The lowest BCUT2D eigenvalue weighted by atomic mass is 9.99. The molecule has 0 aromatic carbocycles. The second-order valence-electron chi connectivity index (χ2n) is 19.8. The second-order valence-corrected chi connectivity index (χ2v) is 19.8. The molecule has 0 bridgehead atoms. The summed E-state index contributed by atoms with van der Waals surface area (Å²) in [5, 5.41) is 56.8. The Hall–Kier alpha value is -3.68. The van der Waals surface area contributed by atoms with Gasteiger partial charge in [-0.25, -0.2) is 0 Å². The van der Waals surface area contributed by atoms with Gasteiger partial charge in [0.25, 0.3) is 0 Å². The predicted octanol–water partition coefficient (Wildman–Crippen LogP) is 13.3. The topological polar surface area (TPSA) is 175 Å². The Kier molecular flexibility index (Phi) is 46.3. The lowest BCUT2D eigenvalue weighted by molar-refractivity contribution is -0.305. The molecule has 11 heteroatoms. The number of ether oxygens (including phenoxy) is 3. The molecule has 1 rings (SSSR count). The first-order valence-corrected chi connectivity index (χ1v) is 29.2. The third-order valence-corrected chi connectivity index (χ3v) is 13.0. The molecule has 422 valence electrons. The number of rotatable bonds is 47. The van der Waals surface area contributed by atoms with E-state index in [1.165, 1.54) is 83.5 Å². The van der Waals surface area contributed by atoms with E-state index in [4.69, 9.17) is 14.2 Å². The van der Waals surface area contributed by atoms with E-state index in [2.05, 4.69) is 68.6 Å². The molecular weight excluding hydrogens is 931 g/mol. The minimum absolute atomic E-state index is 0.0208. The number of hydrogen-bond acceptors (Lipinski definition) is 10. The van der Waals surface area contributed by atoms with Gasteiger partial charge in [-0.3, -0.25) is 9.59 Å². The quantitative estimate of drug-likeness (QED) is 0.0149. The van der Waals surface area contributed by atoms with Gasteiger partial charge in [0.05, 0.1) is 25.4 Å². The van der Waals surface area contributed by atoms with Crippen LogP contribution in [0.1, 0.15) is 213 Å². The van der Waals surface area contributed by atoms with Crippen LogP contribution in [-0.4, -0.2) is 99.6 Å². The molecule has 0 aromatic rings. The van der Waals surface area contributed by atoms with Gasteiger partial charge < -0.3 is 45.1 Å². The van der Waals surface area contributed by atoms with Crippen LogP contribution in [0.4, 0.5) is 0 Å². The summed E-state index contributed by atoms with van der Waals surface area (Å²) >= 11 is 0. The van der Waals surface area contributed by atoms with E-state index in [0.717, 1.165) is 77.0 Å². The number of nitrogens with one attached hydrogen (secondary N) is 1. The van der Waals surface area contributed by atoms with E-state index in [9.17, 15) is 35.1 Å². The van der Waals surface area contributed by atoms with Crippen molar-refractivity contribution in [2.24, 2.45) is 0 Å². The molecule has 8 unspecified atom stereocenters. The van der Waals surface area contributed by atoms with Gasteiger partial charge in [-0.1, -0.05) is 239 Å². The molecule has 11 nitrogen and oxygen atoms in total. The second kappa shape index (κ2) is 50.2. The molecule has 1 saturated heterocycles. The summed E-state index contributed by atoms with van der Waals surface area (Å²) in [4.78, 5) is 26.4. The van der Waals surface area contributed by atoms with Gasteiger partial charge in [0.2, 0.25) is 5.91 Å². The molecule has 6 N–H and O–H groups in total. The fourth-order valence-corrected chi connectivity index (χ4v) is 8.39. The summed E-state index contributed by atoms with van der Waals surface area (Å²) in [5.74, 6) is -1.29. The van der Waals surface area contributed by atoms with Crippen molar-refractivity contribution in [3.05, 3.63) is 109 Å². The van der Waals surface area contributed by atoms with E-state index in [0.29, 0.717) is 19.3 Å². The molecule has 8 atom stereocenters. The molecule has 1 heterocycles. The smallest absolute Gasteiger partial charge is 0.306 e. The minimum Gasteiger partial charge on any atom is -0.454 e.